The van der Waals surface area contributed by atoms with Gasteiger partial charge in [-0.05, 0) is 55.2 Å². The molecule has 2 amide bonds. The molecule has 0 aromatic heterocycles. The van der Waals surface area contributed by atoms with Crippen molar-refractivity contribution in [1.82, 2.24) is 10.2 Å². The zero-order valence-electron chi connectivity index (χ0n) is 25.8. The largest absolute Gasteiger partial charge is 0.354 e. The molecule has 0 aliphatic carbocycles. The molecule has 0 radical (unpaired) electrons. The molecule has 0 saturated heterocycles. The molecule has 0 aliphatic rings. The zero-order chi connectivity index (χ0) is 31.7. The third-order valence-corrected chi connectivity index (χ3v) is 9.15. The van der Waals surface area contributed by atoms with Gasteiger partial charge in [0.05, 0.1) is 10.6 Å². The Morgan fingerprint density at radius 1 is 0.727 bits per heavy atom. The van der Waals surface area contributed by atoms with Gasteiger partial charge < -0.3 is 10.2 Å². The van der Waals surface area contributed by atoms with E-state index in [2.05, 4.69) is 5.32 Å². The minimum absolute atomic E-state index is 0.0778. The molecule has 0 spiro atoms. The summed E-state index contributed by atoms with van der Waals surface area (Å²) >= 11 is 0. The number of rotatable bonds is 13. The van der Waals surface area contributed by atoms with Crippen LogP contribution in [0.25, 0.3) is 0 Å². The molecule has 4 aromatic rings. The van der Waals surface area contributed by atoms with Crippen molar-refractivity contribution >= 4 is 27.5 Å². The fourth-order valence-corrected chi connectivity index (χ4v) is 6.26. The first-order valence-electron chi connectivity index (χ1n) is 14.9. The van der Waals surface area contributed by atoms with Gasteiger partial charge in [0.2, 0.25) is 11.8 Å². The quantitative estimate of drug-likeness (QED) is 0.204. The molecular formula is C36H41N3O4S. The molecule has 4 aromatic carbocycles. The maximum atomic E-state index is 14.5. The van der Waals surface area contributed by atoms with Gasteiger partial charge in [0, 0.05) is 19.5 Å². The predicted molar refractivity (Wildman–Crippen MR) is 176 cm³/mol. The lowest BCUT2D eigenvalue weighted by molar-refractivity contribution is -0.140. The highest BCUT2D eigenvalue weighted by Crippen LogP contribution is 2.25. The molecule has 0 aliphatic heterocycles. The Balaban J connectivity index is 1.78. The maximum Gasteiger partial charge on any atom is 0.264 e. The van der Waals surface area contributed by atoms with Gasteiger partial charge >= 0.3 is 0 Å². The first-order valence-corrected chi connectivity index (χ1v) is 16.3. The summed E-state index contributed by atoms with van der Waals surface area (Å²) in [5.74, 6) is -0.548. The van der Waals surface area contributed by atoms with Crippen molar-refractivity contribution in [1.29, 1.82) is 0 Å². The molecule has 0 saturated carbocycles. The molecule has 0 fully saturated rings. The van der Waals surface area contributed by atoms with Crippen molar-refractivity contribution in [3.05, 3.63) is 131 Å². The van der Waals surface area contributed by atoms with Crippen LogP contribution in [0.15, 0.2) is 114 Å². The van der Waals surface area contributed by atoms with Gasteiger partial charge in [-0.2, -0.15) is 0 Å². The molecule has 4 rings (SSSR count). The Kier molecular flexibility index (Phi) is 11.0. The topological polar surface area (TPSA) is 86.8 Å². The average Bonchev–Trinajstić information content (AvgIpc) is 3.02. The van der Waals surface area contributed by atoms with Crippen LogP contribution in [-0.2, 0) is 32.6 Å². The third-order valence-electron chi connectivity index (χ3n) is 7.36. The predicted octanol–water partition coefficient (Wildman–Crippen LogP) is 5.91. The number of hydrogen-bond acceptors (Lipinski definition) is 4. The summed E-state index contributed by atoms with van der Waals surface area (Å²) in [7, 11) is -4.12. The fraction of sp³-hybridized carbons (Fsp3) is 0.278. The van der Waals surface area contributed by atoms with E-state index in [4.69, 9.17) is 0 Å². The lowest BCUT2D eigenvalue weighted by Gasteiger charge is -2.34. The van der Waals surface area contributed by atoms with Crippen LogP contribution in [0, 0.1) is 19.8 Å². The minimum Gasteiger partial charge on any atom is -0.354 e. The van der Waals surface area contributed by atoms with Gasteiger partial charge in [-0.15, -0.1) is 0 Å². The second-order valence-electron chi connectivity index (χ2n) is 11.5. The van der Waals surface area contributed by atoms with Crippen LogP contribution in [0.1, 0.15) is 36.1 Å². The minimum atomic E-state index is -4.12. The van der Waals surface area contributed by atoms with E-state index in [-0.39, 0.29) is 29.7 Å². The number of anilines is 1. The molecule has 0 heterocycles. The lowest BCUT2D eigenvalue weighted by Crippen LogP contribution is -2.53. The highest BCUT2D eigenvalue weighted by molar-refractivity contribution is 7.92. The van der Waals surface area contributed by atoms with E-state index >= 15 is 0 Å². The number of aryl methyl sites for hydroxylation is 2. The van der Waals surface area contributed by atoms with Gasteiger partial charge in [-0.3, -0.25) is 13.9 Å². The van der Waals surface area contributed by atoms with Gasteiger partial charge in [0.25, 0.3) is 10.0 Å². The smallest absolute Gasteiger partial charge is 0.264 e. The van der Waals surface area contributed by atoms with E-state index in [0.717, 1.165) is 26.6 Å². The molecule has 44 heavy (non-hydrogen) atoms. The van der Waals surface area contributed by atoms with Crippen LogP contribution in [-0.4, -0.2) is 44.3 Å². The van der Waals surface area contributed by atoms with E-state index in [9.17, 15) is 18.0 Å². The van der Waals surface area contributed by atoms with Crippen molar-refractivity contribution in [3.8, 4) is 0 Å². The Morgan fingerprint density at radius 2 is 1.27 bits per heavy atom. The van der Waals surface area contributed by atoms with Gasteiger partial charge in [-0.1, -0.05) is 110 Å². The second-order valence-corrected chi connectivity index (χ2v) is 13.4. The summed E-state index contributed by atoms with van der Waals surface area (Å²) in [5.41, 5.74) is 4.13. The second kappa shape index (κ2) is 14.8. The first-order chi connectivity index (χ1) is 21.0. The lowest BCUT2D eigenvalue weighted by atomic mass is 10.0. The fourth-order valence-electron chi connectivity index (χ4n) is 4.83. The van der Waals surface area contributed by atoms with Crippen LogP contribution in [0.4, 0.5) is 5.69 Å². The number of carbonyl (C=O) groups excluding carboxylic acids is 2. The molecule has 1 N–H and O–H groups in total. The molecule has 8 heteroatoms. The Labute approximate surface area is 261 Å². The number of carbonyl (C=O) groups is 2. The molecule has 1 atom stereocenters. The van der Waals surface area contributed by atoms with Crippen LogP contribution in [0.2, 0.25) is 0 Å². The SMILES string of the molecule is Cc1ccc(CN(C(=O)CN(c2ccc(C)cc2)S(=O)(=O)c2ccccc2)[C@H](Cc2ccccc2)C(=O)NCC(C)C)cc1. The van der Waals surface area contributed by atoms with E-state index in [1.165, 1.54) is 17.0 Å². The van der Waals surface area contributed by atoms with Crippen LogP contribution < -0.4 is 9.62 Å². The zero-order valence-corrected chi connectivity index (χ0v) is 26.6. The average molecular weight is 612 g/mol. The van der Waals surface area contributed by atoms with Gasteiger partial charge in [-0.25, -0.2) is 8.42 Å². The van der Waals surface area contributed by atoms with E-state index in [0.29, 0.717) is 12.2 Å². The number of nitrogens with zero attached hydrogens (tertiary/aromatic N) is 2. The molecule has 7 nitrogen and oxygen atoms in total. The first kappa shape index (κ1) is 32.5. The Morgan fingerprint density at radius 3 is 1.84 bits per heavy atom. The van der Waals surface area contributed by atoms with E-state index in [1.54, 1.807) is 30.3 Å². The molecule has 0 bridgehead atoms. The summed E-state index contributed by atoms with van der Waals surface area (Å²) in [6.45, 7) is 8.03. The summed E-state index contributed by atoms with van der Waals surface area (Å²) < 4.78 is 29.2. The monoisotopic (exact) mass is 611 g/mol. The highest BCUT2D eigenvalue weighted by atomic mass is 32.2. The summed E-state index contributed by atoms with van der Waals surface area (Å²) in [6.07, 6.45) is 0.276. The van der Waals surface area contributed by atoms with Crippen molar-refractivity contribution < 1.29 is 18.0 Å². The van der Waals surface area contributed by atoms with Gasteiger partial charge in [0.15, 0.2) is 0 Å². The normalized spacial score (nSPS) is 12.0. The summed E-state index contributed by atoms with van der Waals surface area (Å²) in [6, 6.07) is 31.6. The van der Waals surface area contributed by atoms with Crippen LogP contribution >= 0.6 is 0 Å². The molecule has 0 unspecified atom stereocenters. The number of nitrogens with one attached hydrogen (secondary N) is 1. The van der Waals surface area contributed by atoms with Crippen LogP contribution in [0.5, 0.6) is 0 Å². The Bertz CT molecular complexity index is 1620. The van der Waals surface area contributed by atoms with Crippen molar-refractivity contribution in [3.63, 3.8) is 0 Å². The van der Waals surface area contributed by atoms with Crippen LogP contribution in [0.3, 0.4) is 0 Å². The number of sulfonamides is 1. The highest BCUT2D eigenvalue weighted by Gasteiger charge is 2.34. The van der Waals surface area contributed by atoms with E-state index in [1.807, 2.05) is 94.4 Å². The number of amides is 2. The molecule has 230 valence electrons. The van der Waals surface area contributed by atoms with Crippen molar-refractivity contribution in [2.24, 2.45) is 5.92 Å². The Hall–Kier alpha value is -4.43. The van der Waals surface area contributed by atoms with Gasteiger partial charge in [0.1, 0.15) is 12.6 Å². The van der Waals surface area contributed by atoms with E-state index < -0.39 is 28.5 Å². The summed E-state index contributed by atoms with van der Waals surface area (Å²) in [4.78, 5) is 29.9. The number of benzene rings is 4. The third kappa shape index (κ3) is 8.57. The molecular weight excluding hydrogens is 570 g/mol. The van der Waals surface area contributed by atoms with Crippen molar-refractivity contribution in [2.45, 2.75) is 51.6 Å². The maximum absolute atomic E-state index is 14.5. The van der Waals surface area contributed by atoms with Crippen molar-refractivity contribution in [2.75, 3.05) is 17.4 Å². The summed E-state index contributed by atoms with van der Waals surface area (Å²) in [5, 5.41) is 3.02. The number of hydrogen-bond donors (Lipinski definition) is 1. The standard InChI is InChI=1S/C36H41N3O4S/c1-27(2)24-37-36(41)34(23-30-11-7-5-8-12-30)38(25-31-19-15-28(3)16-20-31)35(40)26-39(32-21-17-29(4)18-22-32)44(42,43)33-13-9-6-10-14-33/h5-22,27,34H,23-26H2,1-4H3,(H,37,41)/t34-/m1/s1.